The molecule has 2 saturated heterocycles. The highest BCUT2D eigenvalue weighted by Gasteiger charge is 2.13. The molecule has 0 aliphatic carbocycles. The van der Waals surface area contributed by atoms with Crippen LogP contribution >= 0.6 is 0 Å². The average Bonchev–Trinajstić information content (AvgIpc) is 2.89. The highest BCUT2D eigenvalue weighted by atomic mass is 16.5. The molecule has 2 aromatic rings. The third-order valence-electron chi connectivity index (χ3n) is 5.66. The molecule has 4 rings (SSSR count). The van der Waals surface area contributed by atoms with Gasteiger partial charge in [-0.15, -0.1) is 0 Å². The molecule has 1 N–H and O–H groups in total. The summed E-state index contributed by atoms with van der Waals surface area (Å²) in [7, 11) is 0. The Morgan fingerprint density at radius 2 is 1.68 bits per heavy atom. The number of anilines is 2. The molecular formula is C25H30N4O5. The van der Waals surface area contributed by atoms with Crippen molar-refractivity contribution in [3.05, 3.63) is 59.8 Å². The van der Waals surface area contributed by atoms with Gasteiger partial charge in [0.1, 0.15) is 12.4 Å². The number of morpholine rings is 2. The fraction of sp³-hybridized carbons (Fsp3) is 0.400. The van der Waals surface area contributed by atoms with E-state index >= 15 is 0 Å². The molecule has 0 radical (unpaired) electrons. The topological polar surface area (TPSA) is 93.2 Å². The van der Waals surface area contributed by atoms with E-state index in [0.29, 0.717) is 50.8 Å². The van der Waals surface area contributed by atoms with Crippen molar-refractivity contribution in [3.63, 3.8) is 0 Å². The van der Waals surface area contributed by atoms with Gasteiger partial charge in [0.2, 0.25) is 0 Å². The van der Waals surface area contributed by atoms with Crippen LogP contribution in [0.3, 0.4) is 0 Å². The summed E-state index contributed by atoms with van der Waals surface area (Å²) < 4.78 is 15.9. The minimum Gasteiger partial charge on any atom is -0.448 e. The Hall–Kier alpha value is -3.27. The SMILES string of the molecule is O=C(Nc1ccc(C(=O)/C=C/c2cccc(N3CCOCC3)n2)cc1)OCCN1CCOCC1. The van der Waals surface area contributed by atoms with Crippen molar-refractivity contribution in [3.8, 4) is 0 Å². The summed E-state index contributed by atoms with van der Waals surface area (Å²) in [5.41, 5.74) is 1.80. The van der Waals surface area contributed by atoms with Crippen LogP contribution in [0.4, 0.5) is 16.3 Å². The molecule has 1 aromatic heterocycles. The molecule has 0 spiro atoms. The zero-order chi connectivity index (χ0) is 23.6. The van der Waals surface area contributed by atoms with Crippen LogP contribution in [-0.2, 0) is 14.2 Å². The quantitative estimate of drug-likeness (QED) is 0.469. The fourth-order valence-electron chi connectivity index (χ4n) is 3.72. The van der Waals surface area contributed by atoms with Crippen LogP contribution in [-0.4, -0.2) is 87.5 Å². The van der Waals surface area contributed by atoms with Gasteiger partial charge in [0.25, 0.3) is 0 Å². The number of benzene rings is 1. The van der Waals surface area contributed by atoms with E-state index in [4.69, 9.17) is 14.2 Å². The lowest BCUT2D eigenvalue weighted by atomic mass is 10.1. The van der Waals surface area contributed by atoms with E-state index in [-0.39, 0.29) is 5.78 Å². The number of hydrogen-bond acceptors (Lipinski definition) is 8. The Labute approximate surface area is 199 Å². The van der Waals surface area contributed by atoms with Gasteiger partial charge in [-0.25, -0.2) is 9.78 Å². The Morgan fingerprint density at radius 3 is 2.41 bits per heavy atom. The highest BCUT2D eigenvalue weighted by molar-refractivity contribution is 6.07. The molecule has 2 aliphatic rings. The number of allylic oxidation sites excluding steroid dienone is 1. The predicted octanol–water partition coefficient (Wildman–Crippen LogP) is 2.70. The molecule has 1 aromatic carbocycles. The number of aromatic nitrogens is 1. The number of ketones is 1. The summed E-state index contributed by atoms with van der Waals surface area (Å²) in [5, 5.41) is 2.68. The number of carbonyl (C=O) groups is 2. The zero-order valence-corrected chi connectivity index (χ0v) is 19.2. The first-order chi connectivity index (χ1) is 16.7. The maximum Gasteiger partial charge on any atom is 0.411 e. The largest absolute Gasteiger partial charge is 0.448 e. The number of pyridine rings is 1. The molecule has 0 unspecified atom stereocenters. The summed E-state index contributed by atoms with van der Waals surface area (Å²) in [6, 6.07) is 12.5. The van der Waals surface area contributed by atoms with Crippen LogP contribution in [0.15, 0.2) is 48.5 Å². The van der Waals surface area contributed by atoms with Crippen molar-refractivity contribution >= 4 is 29.5 Å². The summed E-state index contributed by atoms with van der Waals surface area (Å²) >= 11 is 0. The summed E-state index contributed by atoms with van der Waals surface area (Å²) in [5.74, 6) is 0.739. The number of nitrogens with one attached hydrogen (secondary N) is 1. The molecule has 9 heteroatoms. The monoisotopic (exact) mass is 466 g/mol. The van der Waals surface area contributed by atoms with Gasteiger partial charge in [0, 0.05) is 44.0 Å². The van der Waals surface area contributed by atoms with Crippen molar-refractivity contribution < 1.29 is 23.8 Å². The van der Waals surface area contributed by atoms with E-state index in [1.165, 1.54) is 6.08 Å². The first-order valence-corrected chi connectivity index (χ1v) is 11.5. The first kappa shape index (κ1) is 23.9. The standard InChI is InChI=1S/C25H30N4O5/c30-23(9-8-21-2-1-3-24(26-21)29-13-17-33-18-14-29)20-4-6-22(7-5-20)27-25(31)34-19-12-28-10-15-32-16-11-28/h1-9H,10-19H2,(H,27,31)/b9-8+. The van der Waals surface area contributed by atoms with Gasteiger partial charge >= 0.3 is 6.09 Å². The molecule has 0 saturated carbocycles. The highest BCUT2D eigenvalue weighted by Crippen LogP contribution is 2.15. The Kier molecular flexibility index (Phi) is 8.61. The van der Waals surface area contributed by atoms with E-state index in [1.807, 2.05) is 18.2 Å². The van der Waals surface area contributed by atoms with E-state index in [9.17, 15) is 9.59 Å². The Morgan fingerprint density at radius 1 is 0.971 bits per heavy atom. The van der Waals surface area contributed by atoms with Gasteiger partial charge in [-0.05, 0) is 48.6 Å². The minimum absolute atomic E-state index is 0.141. The normalized spacial score (nSPS) is 17.0. The van der Waals surface area contributed by atoms with Crippen LogP contribution < -0.4 is 10.2 Å². The summed E-state index contributed by atoms with van der Waals surface area (Å²) in [4.78, 5) is 33.6. The average molecular weight is 467 g/mol. The number of carbonyl (C=O) groups excluding carboxylic acids is 2. The van der Waals surface area contributed by atoms with Crippen LogP contribution in [0.5, 0.6) is 0 Å². The van der Waals surface area contributed by atoms with Crippen molar-refractivity contribution in [2.75, 3.05) is 76.0 Å². The fourth-order valence-corrected chi connectivity index (χ4v) is 3.72. The van der Waals surface area contributed by atoms with Gasteiger partial charge in [0.05, 0.1) is 32.1 Å². The molecule has 2 aliphatic heterocycles. The van der Waals surface area contributed by atoms with Crippen molar-refractivity contribution in [1.29, 1.82) is 0 Å². The molecule has 9 nitrogen and oxygen atoms in total. The first-order valence-electron chi connectivity index (χ1n) is 11.5. The number of amides is 1. The molecule has 0 bridgehead atoms. The van der Waals surface area contributed by atoms with Crippen molar-refractivity contribution in [2.24, 2.45) is 0 Å². The van der Waals surface area contributed by atoms with Gasteiger partial charge < -0.3 is 19.1 Å². The second-order valence-electron chi connectivity index (χ2n) is 8.01. The second-order valence-corrected chi connectivity index (χ2v) is 8.01. The van der Waals surface area contributed by atoms with Gasteiger partial charge in [0.15, 0.2) is 5.78 Å². The van der Waals surface area contributed by atoms with E-state index in [1.54, 1.807) is 30.3 Å². The maximum absolute atomic E-state index is 12.6. The molecule has 1 amide bonds. The molecule has 3 heterocycles. The van der Waals surface area contributed by atoms with E-state index < -0.39 is 6.09 Å². The van der Waals surface area contributed by atoms with Crippen LogP contribution in [0.25, 0.3) is 6.08 Å². The van der Waals surface area contributed by atoms with Crippen LogP contribution in [0.1, 0.15) is 16.1 Å². The van der Waals surface area contributed by atoms with E-state index in [2.05, 4.69) is 20.1 Å². The Bertz CT molecular complexity index is 983. The minimum atomic E-state index is -0.515. The number of hydrogen-bond donors (Lipinski definition) is 1. The smallest absolute Gasteiger partial charge is 0.411 e. The van der Waals surface area contributed by atoms with Gasteiger partial charge in [-0.2, -0.15) is 0 Å². The lowest BCUT2D eigenvalue weighted by Gasteiger charge is -2.27. The molecule has 0 atom stereocenters. The zero-order valence-electron chi connectivity index (χ0n) is 19.2. The molecule has 180 valence electrons. The molecule has 2 fully saturated rings. The van der Waals surface area contributed by atoms with E-state index in [0.717, 1.165) is 37.7 Å². The number of nitrogens with zero attached hydrogens (tertiary/aromatic N) is 3. The predicted molar refractivity (Wildman–Crippen MR) is 129 cm³/mol. The van der Waals surface area contributed by atoms with Crippen molar-refractivity contribution in [2.45, 2.75) is 0 Å². The van der Waals surface area contributed by atoms with Gasteiger partial charge in [-0.3, -0.25) is 15.0 Å². The molecule has 34 heavy (non-hydrogen) atoms. The Balaban J connectivity index is 1.25. The number of rotatable bonds is 8. The maximum atomic E-state index is 12.6. The van der Waals surface area contributed by atoms with Crippen LogP contribution in [0.2, 0.25) is 0 Å². The summed E-state index contributed by atoms with van der Waals surface area (Å²) in [6.45, 7) is 7.12. The lowest BCUT2D eigenvalue weighted by Crippen LogP contribution is -2.38. The lowest BCUT2D eigenvalue weighted by molar-refractivity contribution is 0.0290. The molecular weight excluding hydrogens is 436 g/mol. The third kappa shape index (κ3) is 7.11. The van der Waals surface area contributed by atoms with Crippen molar-refractivity contribution in [1.82, 2.24) is 9.88 Å². The van der Waals surface area contributed by atoms with Crippen LogP contribution in [0, 0.1) is 0 Å². The second kappa shape index (κ2) is 12.3. The number of ether oxygens (including phenoxy) is 3. The summed E-state index contributed by atoms with van der Waals surface area (Å²) in [6.07, 6.45) is 2.70. The van der Waals surface area contributed by atoms with Gasteiger partial charge in [-0.1, -0.05) is 6.07 Å². The third-order valence-corrected chi connectivity index (χ3v) is 5.66.